The topological polar surface area (TPSA) is 43.8 Å². The number of morpholine rings is 1. The lowest BCUT2D eigenvalue weighted by atomic mass is 9.95. The molecule has 3 heterocycles. The number of rotatable bonds is 5. The van der Waals surface area contributed by atoms with Crippen molar-refractivity contribution in [3.05, 3.63) is 59.9 Å². The van der Waals surface area contributed by atoms with Crippen LogP contribution in [0, 0.1) is 0 Å². The third-order valence-corrected chi connectivity index (χ3v) is 5.01. The number of hydrogen-bond donors (Lipinski definition) is 0. The van der Waals surface area contributed by atoms with E-state index in [0.717, 1.165) is 57.4 Å². The van der Waals surface area contributed by atoms with Crippen LogP contribution in [0.2, 0.25) is 0 Å². The van der Waals surface area contributed by atoms with Gasteiger partial charge < -0.3 is 14.2 Å². The zero-order chi connectivity index (χ0) is 17.0. The van der Waals surface area contributed by atoms with Crippen LogP contribution in [0.1, 0.15) is 17.7 Å². The van der Waals surface area contributed by atoms with E-state index >= 15 is 0 Å². The van der Waals surface area contributed by atoms with E-state index in [1.807, 2.05) is 24.3 Å². The number of pyridine rings is 1. The van der Waals surface area contributed by atoms with Crippen LogP contribution in [0.5, 0.6) is 5.75 Å². The minimum Gasteiger partial charge on any atom is -0.487 e. The molecule has 0 aliphatic carbocycles. The average molecular weight is 340 g/mol. The molecular formula is C20H24N2O3. The van der Waals surface area contributed by atoms with E-state index in [0.29, 0.717) is 6.61 Å². The highest BCUT2D eigenvalue weighted by molar-refractivity contribution is 5.29. The van der Waals surface area contributed by atoms with Crippen LogP contribution in [-0.2, 0) is 22.6 Å². The summed E-state index contributed by atoms with van der Waals surface area (Å²) in [5.41, 5.74) is 2.23. The van der Waals surface area contributed by atoms with Crippen molar-refractivity contribution >= 4 is 0 Å². The van der Waals surface area contributed by atoms with E-state index in [9.17, 15) is 0 Å². The molecule has 0 amide bonds. The van der Waals surface area contributed by atoms with Crippen molar-refractivity contribution in [1.82, 2.24) is 9.88 Å². The quantitative estimate of drug-likeness (QED) is 0.837. The van der Waals surface area contributed by atoms with E-state index in [1.165, 1.54) is 5.56 Å². The van der Waals surface area contributed by atoms with E-state index < -0.39 is 0 Å². The molecule has 5 nitrogen and oxygen atoms in total. The Morgan fingerprint density at radius 3 is 2.84 bits per heavy atom. The Morgan fingerprint density at radius 2 is 2.00 bits per heavy atom. The second-order valence-electron chi connectivity index (χ2n) is 6.76. The maximum Gasteiger partial charge on any atom is 0.130 e. The summed E-state index contributed by atoms with van der Waals surface area (Å²) in [6.45, 7) is 5.48. The largest absolute Gasteiger partial charge is 0.487 e. The van der Waals surface area contributed by atoms with Gasteiger partial charge in [-0.3, -0.25) is 9.88 Å². The number of benzene rings is 1. The van der Waals surface area contributed by atoms with Crippen molar-refractivity contribution in [2.45, 2.75) is 25.1 Å². The van der Waals surface area contributed by atoms with Crippen LogP contribution in [-0.4, -0.2) is 48.4 Å². The number of aromatic nitrogens is 1. The summed E-state index contributed by atoms with van der Waals surface area (Å²) in [7, 11) is 0. The number of ether oxygens (including phenoxy) is 3. The second-order valence-corrected chi connectivity index (χ2v) is 6.76. The van der Waals surface area contributed by atoms with Crippen molar-refractivity contribution in [3.63, 3.8) is 0 Å². The van der Waals surface area contributed by atoms with Crippen LogP contribution in [0.4, 0.5) is 0 Å². The maximum atomic E-state index is 5.91. The Hall–Kier alpha value is -1.95. The lowest BCUT2D eigenvalue weighted by Crippen LogP contribution is -2.56. The van der Waals surface area contributed by atoms with Gasteiger partial charge in [-0.05, 0) is 36.2 Å². The van der Waals surface area contributed by atoms with Gasteiger partial charge >= 0.3 is 0 Å². The third kappa shape index (κ3) is 3.84. The zero-order valence-electron chi connectivity index (χ0n) is 14.4. The lowest BCUT2D eigenvalue weighted by molar-refractivity contribution is -0.0749. The summed E-state index contributed by atoms with van der Waals surface area (Å²) in [6.07, 6.45) is 2.83. The fourth-order valence-corrected chi connectivity index (χ4v) is 3.57. The molecule has 132 valence electrons. The van der Waals surface area contributed by atoms with Crippen molar-refractivity contribution in [2.75, 3.05) is 33.0 Å². The monoisotopic (exact) mass is 340 g/mol. The van der Waals surface area contributed by atoms with E-state index in [2.05, 4.69) is 28.1 Å². The molecule has 2 aliphatic heterocycles. The van der Waals surface area contributed by atoms with Gasteiger partial charge in [0.2, 0.25) is 0 Å². The molecule has 1 aromatic carbocycles. The van der Waals surface area contributed by atoms with Crippen molar-refractivity contribution in [2.24, 2.45) is 0 Å². The fourth-order valence-electron chi connectivity index (χ4n) is 3.57. The first-order valence-corrected chi connectivity index (χ1v) is 8.86. The minimum atomic E-state index is 0.0447. The SMILES string of the molecule is c1ccc(COc2cccc(CN3CCOCC34CCOC4)c2)nc1. The Morgan fingerprint density at radius 1 is 1.08 bits per heavy atom. The predicted molar refractivity (Wildman–Crippen MR) is 94.4 cm³/mol. The molecule has 2 saturated heterocycles. The second kappa shape index (κ2) is 7.52. The van der Waals surface area contributed by atoms with Gasteiger partial charge in [-0.15, -0.1) is 0 Å². The highest BCUT2D eigenvalue weighted by Gasteiger charge is 2.42. The normalized spacial score (nSPS) is 23.8. The molecular weight excluding hydrogens is 316 g/mol. The summed E-state index contributed by atoms with van der Waals surface area (Å²) < 4.78 is 17.3. The van der Waals surface area contributed by atoms with Gasteiger partial charge in [0.05, 0.1) is 31.1 Å². The van der Waals surface area contributed by atoms with Crippen LogP contribution in [0.15, 0.2) is 48.7 Å². The highest BCUT2D eigenvalue weighted by atomic mass is 16.5. The average Bonchev–Trinajstić information content (AvgIpc) is 3.12. The van der Waals surface area contributed by atoms with Gasteiger partial charge in [-0.1, -0.05) is 18.2 Å². The summed E-state index contributed by atoms with van der Waals surface area (Å²) in [6, 6.07) is 14.2. The Balaban J connectivity index is 1.42. The number of hydrogen-bond acceptors (Lipinski definition) is 5. The molecule has 25 heavy (non-hydrogen) atoms. The van der Waals surface area contributed by atoms with Gasteiger partial charge in [-0.25, -0.2) is 0 Å². The van der Waals surface area contributed by atoms with E-state index in [1.54, 1.807) is 6.20 Å². The van der Waals surface area contributed by atoms with Gasteiger partial charge in [0.25, 0.3) is 0 Å². The molecule has 2 aliphatic rings. The van der Waals surface area contributed by atoms with E-state index in [-0.39, 0.29) is 5.54 Å². The summed E-state index contributed by atoms with van der Waals surface area (Å²) in [5, 5.41) is 0. The van der Waals surface area contributed by atoms with Crippen molar-refractivity contribution in [3.8, 4) is 5.75 Å². The van der Waals surface area contributed by atoms with Crippen LogP contribution in [0.25, 0.3) is 0 Å². The summed E-state index contributed by atoms with van der Waals surface area (Å²) in [4.78, 5) is 6.81. The first kappa shape index (κ1) is 16.5. The summed E-state index contributed by atoms with van der Waals surface area (Å²) in [5.74, 6) is 0.883. The molecule has 0 bridgehead atoms. The first-order valence-electron chi connectivity index (χ1n) is 8.86. The molecule has 1 spiro atoms. The molecule has 0 N–H and O–H groups in total. The van der Waals surface area contributed by atoms with Crippen LogP contribution < -0.4 is 4.74 Å². The molecule has 5 heteroatoms. The smallest absolute Gasteiger partial charge is 0.130 e. The number of nitrogens with zero attached hydrogens (tertiary/aromatic N) is 2. The fraction of sp³-hybridized carbons (Fsp3) is 0.450. The first-order chi connectivity index (χ1) is 12.3. The molecule has 0 saturated carbocycles. The molecule has 4 rings (SSSR count). The van der Waals surface area contributed by atoms with Gasteiger partial charge in [0.15, 0.2) is 0 Å². The lowest BCUT2D eigenvalue weighted by Gasteiger charge is -2.43. The van der Waals surface area contributed by atoms with Crippen molar-refractivity contribution in [1.29, 1.82) is 0 Å². The van der Waals surface area contributed by atoms with Crippen LogP contribution >= 0.6 is 0 Å². The Kier molecular flexibility index (Phi) is 4.97. The molecule has 2 fully saturated rings. The molecule has 1 aromatic heterocycles. The van der Waals surface area contributed by atoms with Gasteiger partial charge in [-0.2, -0.15) is 0 Å². The standard InChI is InChI=1S/C20H24N2O3/c1-2-8-21-18(5-1)14-25-19-6-3-4-17(12-19)13-22-9-11-24-16-20(22)7-10-23-15-20/h1-6,8,12H,7,9-11,13-16H2. The van der Waals surface area contributed by atoms with E-state index in [4.69, 9.17) is 14.2 Å². The zero-order valence-corrected chi connectivity index (χ0v) is 14.4. The Bertz CT molecular complexity index is 686. The van der Waals surface area contributed by atoms with Crippen LogP contribution in [0.3, 0.4) is 0 Å². The molecule has 1 unspecified atom stereocenters. The Labute approximate surface area is 148 Å². The maximum absolute atomic E-state index is 5.91. The van der Waals surface area contributed by atoms with Crippen molar-refractivity contribution < 1.29 is 14.2 Å². The van der Waals surface area contributed by atoms with Gasteiger partial charge in [0, 0.05) is 25.9 Å². The minimum absolute atomic E-state index is 0.0447. The molecule has 0 radical (unpaired) electrons. The predicted octanol–water partition coefficient (Wildman–Crippen LogP) is 2.65. The highest BCUT2D eigenvalue weighted by Crippen LogP contribution is 2.31. The third-order valence-electron chi connectivity index (χ3n) is 5.01. The summed E-state index contributed by atoms with van der Waals surface area (Å²) >= 11 is 0. The van der Waals surface area contributed by atoms with Gasteiger partial charge in [0.1, 0.15) is 12.4 Å². The molecule has 2 aromatic rings. The molecule has 1 atom stereocenters.